The topological polar surface area (TPSA) is 94.2 Å². The number of carbonyl (C=O) groups is 1. The summed E-state index contributed by atoms with van der Waals surface area (Å²) in [5, 5.41) is 7.66. The summed E-state index contributed by atoms with van der Waals surface area (Å²) in [6, 6.07) is 0. The van der Waals surface area contributed by atoms with Crippen molar-refractivity contribution < 1.29 is 9.53 Å². The van der Waals surface area contributed by atoms with Gasteiger partial charge < -0.3 is 15.4 Å². The third kappa shape index (κ3) is 2.85. The molecule has 0 atom stereocenters. The van der Waals surface area contributed by atoms with Crippen LogP contribution in [0.5, 0.6) is 0 Å². The Morgan fingerprint density at radius 1 is 1.33 bits per heavy atom. The predicted octanol–water partition coefficient (Wildman–Crippen LogP) is 0.747. The van der Waals surface area contributed by atoms with Crippen LogP contribution in [-0.2, 0) is 17.7 Å². The molecule has 2 rings (SSSR count). The van der Waals surface area contributed by atoms with E-state index in [-0.39, 0.29) is 12.0 Å². The summed E-state index contributed by atoms with van der Waals surface area (Å²) >= 11 is 0. The summed E-state index contributed by atoms with van der Waals surface area (Å²) in [5.74, 6) is 0.166. The molecule has 98 valence electrons. The molecule has 0 saturated heterocycles. The van der Waals surface area contributed by atoms with Crippen molar-refractivity contribution in [2.75, 3.05) is 12.3 Å². The molecule has 0 aromatic carbocycles. The summed E-state index contributed by atoms with van der Waals surface area (Å²) in [6.07, 6.45) is 0.278. The molecule has 1 aromatic heterocycles. The quantitative estimate of drug-likeness (QED) is 0.731. The van der Waals surface area contributed by atoms with Crippen LogP contribution >= 0.6 is 0 Å². The van der Waals surface area contributed by atoms with Crippen molar-refractivity contribution >= 4 is 12.0 Å². The van der Waals surface area contributed by atoms with Gasteiger partial charge in [0, 0.05) is 13.0 Å². The van der Waals surface area contributed by atoms with Crippen LogP contribution in [0.1, 0.15) is 32.2 Å². The van der Waals surface area contributed by atoms with Gasteiger partial charge in [0.2, 0.25) is 5.95 Å². The SMILES string of the molecule is CC(C)(C)OC(=O)N1CCc2nc(N)nnc2C1. The highest BCUT2D eigenvalue weighted by Crippen LogP contribution is 2.17. The van der Waals surface area contributed by atoms with Crippen molar-refractivity contribution in [3.05, 3.63) is 11.4 Å². The molecule has 1 amide bonds. The number of anilines is 1. The predicted molar refractivity (Wildman–Crippen MR) is 64.6 cm³/mol. The highest BCUT2D eigenvalue weighted by molar-refractivity contribution is 5.68. The minimum Gasteiger partial charge on any atom is -0.444 e. The van der Waals surface area contributed by atoms with Crippen LogP contribution < -0.4 is 5.73 Å². The fraction of sp³-hybridized carbons (Fsp3) is 0.636. The van der Waals surface area contributed by atoms with E-state index in [9.17, 15) is 4.79 Å². The van der Waals surface area contributed by atoms with Crippen LogP contribution in [0, 0.1) is 0 Å². The molecular weight excluding hydrogens is 234 g/mol. The summed E-state index contributed by atoms with van der Waals surface area (Å²) < 4.78 is 5.31. The molecule has 0 bridgehead atoms. The summed E-state index contributed by atoms with van der Waals surface area (Å²) in [7, 11) is 0. The van der Waals surface area contributed by atoms with Gasteiger partial charge in [-0.3, -0.25) is 0 Å². The van der Waals surface area contributed by atoms with E-state index in [0.717, 1.165) is 5.69 Å². The van der Waals surface area contributed by atoms with E-state index < -0.39 is 5.60 Å². The zero-order chi connectivity index (χ0) is 13.3. The molecule has 0 aliphatic carbocycles. The van der Waals surface area contributed by atoms with Crippen molar-refractivity contribution in [2.45, 2.75) is 39.3 Å². The zero-order valence-electron chi connectivity index (χ0n) is 10.8. The number of nitrogens with zero attached hydrogens (tertiary/aromatic N) is 4. The van der Waals surface area contributed by atoms with Gasteiger partial charge in [0.25, 0.3) is 0 Å². The minimum atomic E-state index is -0.498. The Labute approximate surface area is 105 Å². The summed E-state index contributed by atoms with van der Waals surface area (Å²) in [4.78, 5) is 17.6. The Kier molecular flexibility index (Phi) is 3.06. The van der Waals surface area contributed by atoms with Crippen molar-refractivity contribution in [2.24, 2.45) is 0 Å². The lowest BCUT2D eigenvalue weighted by atomic mass is 10.1. The fourth-order valence-electron chi connectivity index (χ4n) is 1.70. The van der Waals surface area contributed by atoms with E-state index in [2.05, 4.69) is 15.2 Å². The Bertz CT molecular complexity index is 469. The molecular formula is C11H17N5O2. The van der Waals surface area contributed by atoms with Gasteiger partial charge in [-0.05, 0) is 20.8 Å². The first-order valence-electron chi connectivity index (χ1n) is 5.81. The van der Waals surface area contributed by atoms with Crippen LogP contribution in [-0.4, -0.2) is 38.3 Å². The lowest BCUT2D eigenvalue weighted by Gasteiger charge is -2.29. The number of ether oxygens (including phenoxy) is 1. The summed E-state index contributed by atoms with van der Waals surface area (Å²) in [6.45, 7) is 6.44. The molecule has 2 N–H and O–H groups in total. The van der Waals surface area contributed by atoms with Gasteiger partial charge in [0.15, 0.2) is 0 Å². The number of hydrogen-bond acceptors (Lipinski definition) is 6. The van der Waals surface area contributed by atoms with Gasteiger partial charge in [-0.15, -0.1) is 10.2 Å². The molecule has 18 heavy (non-hydrogen) atoms. The number of amides is 1. The largest absolute Gasteiger partial charge is 0.444 e. The van der Waals surface area contributed by atoms with Crippen LogP contribution in [0.15, 0.2) is 0 Å². The van der Waals surface area contributed by atoms with Gasteiger partial charge >= 0.3 is 6.09 Å². The van der Waals surface area contributed by atoms with Crippen molar-refractivity contribution in [3.8, 4) is 0 Å². The first-order chi connectivity index (χ1) is 8.35. The van der Waals surface area contributed by atoms with E-state index in [0.29, 0.717) is 25.2 Å². The van der Waals surface area contributed by atoms with E-state index in [1.165, 1.54) is 0 Å². The molecule has 1 aromatic rings. The molecule has 0 fully saturated rings. The normalized spacial score (nSPS) is 15.2. The van der Waals surface area contributed by atoms with E-state index >= 15 is 0 Å². The molecule has 2 heterocycles. The third-order valence-electron chi connectivity index (χ3n) is 2.47. The van der Waals surface area contributed by atoms with E-state index in [1.54, 1.807) is 4.90 Å². The van der Waals surface area contributed by atoms with Crippen LogP contribution in [0.2, 0.25) is 0 Å². The van der Waals surface area contributed by atoms with Crippen molar-refractivity contribution in [1.29, 1.82) is 0 Å². The highest BCUT2D eigenvalue weighted by Gasteiger charge is 2.27. The van der Waals surface area contributed by atoms with Crippen molar-refractivity contribution in [3.63, 3.8) is 0 Å². The first-order valence-corrected chi connectivity index (χ1v) is 5.81. The Balaban J connectivity index is 2.08. The number of fused-ring (bicyclic) bond motifs is 1. The smallest absolute Gasteiger partial charge is 0.410 e. The summed E-state index contributed by atoms with van der Waals surface area (Å²) in [5.41, 5.74) is 6.46. The lowest BCUT2D eigenvalue weighted by Crippen LogP contribution is -2.40. The Morgan fingerprint density at radius 2 is 2.06 bits per heavy atom. The molecule has 0 radical (unpaired) electrons. The lowest BCUT2D eigenvalue weighted by molar-refractivity contribution is 0.0219. The molecule has 0 saturated carbocycles. The average molecular weight is 251 g/mol. The van der Waals surface area contributed by atoms with Crippen LogP contribution in [0.25, 0.3) is 0 Å². The van der Waals surface area contributed by atoms with Crippen LogP contribution in [0.4, 0.5) is 10.7 Å². The number of nitrogens with two attached hydrogens (primary N) is 1. The molecule has 0 unspecified atom stereocenters. The number of rotatable bonds is 0. The number of nitrogen functional groups attached to an aromatic ring is 1. The number of aromatic nitrogens is 3. The van der Waals surface area contributed by atoms with Crippen molar-refractivity contribution in [1.82, 2.24) is 20.1 Å². The second-order valence-electron chi connectivity index (χ2n) is 5.22. The zero-order valence-corrected chi connectivity index (χ0v) is 10.8. The van der Waals surface area contributed by atoms with Gasteiger partial charge in [-0.1, -0.05) is 0 Å². The standard InChI is InChI=1S/C11H17N5O2/c1-11(2,3)18-10(17)16-5-4-7-8(6-16)14-15-9(12)13-7/h4-6H2,1-3H3,(H2,12,13,15). The highest BCUT2D eigenvalue weighted by atomic mass is 16.6. The van der Waals surface area contributed by atoms with Gasteiger partial charge in [-0.2, -0.15) is 0 Å². The maximum Gasteiger partial charge on any atom is 0.410 e. The molecule has 7 heteroatoms. The van der Waals surface area contributed by atoms with E-state index in [4.69, 9.17) is 10.5 Å². The molecule has 1 aliphatic heterocycles. The Hall–Kier alpha value is -1.92. The number of carbonyl (C=O) groups excluding carboxylic acids is 1. The van der Waals surface area contributed by atoms with Gasteiger partial charge in [0.1, 0.15) is 11.3 Å². The number of hydrogen-bond donors (Lipinski definition) is 1. The van der Waals surface area contributed by atoms with Gasteiger partial charge in [0.05, 0.1) is 12.2 Å². The molecule has 7 nitrogen and oxygen atoms in total. The first kappa shape index (κ1) is 12.5. The molecule has 0 spiro atoms. The second kappa shape index (κ2) is 4.40. The maximum atomic E-state index is 11.9. The Morgan fingerprint density at radius 3 is 2.72 bits per heavy atom. The third-order valence-corrected chi connectivity index (χ3v) is 2.47. The average Bonchev–Trinajstić information content (AvgIpc) is 2.26. The van der Waals surface area contributed by atoms with Gasteiger partial charge in [-0.25, -0.2) is 9.78 Å². The van der Waals surface area contributed by atoms with Crippen LogP contribution in [0.3, 0.4) is 0 Å². The monoisotopic (exact) mass is 251 g/mol. The maximum absolute atomic E-state index is 11.9. The molecule has 1 aliphatic rings. The second-order valence-corrected chi connectivity index (χ2v) is 5.22. The minimum absolute atomic E-state index is 0.166. The fourth-order valence-corrected chi connectivity index (χ4v) is 1.70. The van der Waals surface area contributed by atoms with E-state index in [1.807, 2.05) is 20.8 Å².